The molecule has 0 aliphatic heterocycles. The fourth-order valence-electron chi connectivity index (χ4n) is 1.37. The number of hydrogen-bond donors (Lipinski definition) is 1. The van der Waals surface area contributed by atoms with Crippen LogP contribution in [0.5, 0.6) is 0 Å². The van der Waals surface area contributed by atoms with Gasteiger partial charge < -0.3 is 5.73 Å². The maximum absolute atomic E-state index is 12.6. The molecule has 0 spiro atoms. The molecule has 0 unspecified atom stereocenters. The van der Waals surface area contributed by atoms with Crippen molar-refractivity contribution < 1.29 is 13.2 Å². The minimum Gasteiger partial charge on any atom is -0.368 e. The van der Waals surface area contributed by atoms with E-state index < -0.39 is 11.9 Å². The highest BCUT2D eigenvalue weighted by atomic mass is 32.2. The van der Waals surface area contributed by atoms with Gasteiger partial charge in [-0.25, -0.2) is 9.97 Å². The van der Waals surface area contributed by atoms with Gasteiger partial charge in [0.15, 0.2) is 5.69 Å². The van der Waals surface area contributed by atoms with Crippen LogP contribution in [0.25, 0.3) is 0 Å². The van der Waals surface area contributed by atoms with Crippen LogP contribution in [0.2, 0.25) is 0 Å². The molecular weight excluding hydrogens is 275 g/mol. The average Bonchev–Trinajstić information content (AvgIpc) is 2.30. The van der Waals surface area contributed by atoms with Gasteiger partial charge in [-0.2, -0.15) is 13.2 Å². The molecule has 3 nitrogen and oxygen atoms in total. The molecule has 0 radical (unpaired) electrons. The lowest BCUT2D eigenvalue weighted by Gasteiger charge is -2.08. The monoisotopic (exact) mass is 285 g/mol. The lowest BCUT2D eigenvalue weighted by Crippen LogP contribution is -2.11. The van der Waals surface area contributed by atoms with E-state index in [1.54, 1.807) is 0 Å². The molecule has 100 valence electrons. The molecule has 0 amide bonds. The fourth-order valence-corrected chi connectivity index (χ4v) is 2.19. The van der Waals surface area contributed by atoms with Gasteiger partial charge in [0.1, 0.15) is 5.03 Å². The molecule has 1 aromatic heterocycles. The molecule has 0 aliphatic rings. The van der Waals surface area contributed by atoms with E-state index in [1.807, 2.05) is 31.2 Å². The largest absolute Gasteiger partial charge is 0.433 e. The van der Waals surface area contributed by atoms with Crippen LogP contribution in [0, 0.1) is 6.92 Å². The summed E-state index contributed by atoms with van der Waals surface area (Å²) in [6.45, 7) is 1.93. The van der Waals surface area contributed by atoms with Gasteiger partial charge >= 0.3 is 6.18 Å². The minimum absolute atomic E-state index is 0.170. The first kappa shape index (κ1) is 13.7. The number of nitrogen functional groups attached to an aromatic ring is 1. The first-order valence-corrected chi connectivity index (χ1v) is 6.12. The van der Waals surface area contributed by atoms with E-state index in [2.05, 4.69) is 9.97 Å². The van der Waals surface area contributed by atoms with E-state index in [-0.39, 0.29) is 11.0 Å². The molecule has 0 saturated carbocycles. The van der Waals surface area contributed by atoms with Crippen molar-refractivity contribution in [2.75, 3.05) is 5.73 Å². The number of nitrogens with zero attached hydrogens (tertiary/aromatic N) is 2. The molecule has 0 aliphatic carbocycles. The summed E-state index contributed by atoms with van der Waals surface area (Å²) in [5, 5.41) is 0.170. The van der Waals surface area contributed by atoms with Crippen LogP contribution in [0.4, 0.5) is 19.1 Å². The Bertz CT molecular complexity index is 582. The van der Waals surface area contributed by atoms with Gasteiger partial charge in [-0.15, -0.1) is 0 Å². The van der Waals surface area contributed by atoms with Gasteiger partial charge in [-0.3, -0.25) is 0 Å². The van der Waals surface area contributed by atoms with Crippen molar-refractivity contribution in [3.63, 3.8) is 0 Å². The summed E-state index contributed by atoms with van der Waals surface area (Å²) in [4.78, 5) is 7.77. The summed E-state index contributed by atoms with van der Waals surface area (Å²) in [5.74, 6) is -0.385. The molecule has 0 bridgehead atoms. The molecule has 19 heavy (non-hydrogen) atoms. The Balaban J connectivity index is 2.30. The summed E-state index contributed by atoms with van der Waals surface area (Å²) in [6.07, 6.45) is -4.53. The zero-order chi connectivity index (χ0) is 14.0. The van der Waals surface area contributed by atoms with Crippen LogP contribution in [0.1, 0.15) is 11.3 Å². The molecule has 0 fully saturated rings. The predicted molar refractivity (Wildman–Crippen MR) is 66.7 cm³/mol. The van der Waals surface area contributed by atoms with Crippen molar-refractivity contribution in [2.45, 2.75) is 23.0 Å². The van der Waals surface area contributed by atoms with Gasteiger partial charge in [-0.05, 0) is 19.1 Å². The summed E-state index contributed by atoms with van der Waals surface area (Å²) in [7, 11) is 0. The Labute approximate surface area is 112 Å². The topological polar surface area (TPSA) is 51.8 Å². The number of halogens is 3. The van der Waals surface area contributed by atoms with Crippen molar-refractivity contribution in [3.8, 4) is 0 Å². The molecule has 1 heterocycles. The molecule has 2 aromatic rings. The molecule has 1 aromatic carbocycles. The van der Waals surface area contributed by atoms with Crippen molar-refractivity contribution >= 4 is 17.7 Å². The Morgan fingerprint density at radius 1 is 1.11 bits per heavy atom. The number of benzene rings is 1. The molecular formula is C12H10F3N3S. The number of aryl methyl sites for hydroxylation is 1. The molecule has 0 atom stereocenters. The Kier molecular flexibility index (Phi) is 3.66. The van der Waals surface area contributed by atoms with Gasteiger partial charge in [0.25, 0.3) is 0 Å². The average molecular weight is 285 g/mol. The second-order valence-corrected chi connectivity index (χ2v) is 4.96. The Hall–Kier alpha value is -1.76. The van der Waals surface area contributed by atoms with Gasteiger partial charge in [0, 0.05) is 11.0 Å². The molecule has 0 saturated heterocycles. The SMILES string of the molecule is Cc1ccc(Sc2cc(C(F)(F)F)nc(N)n2)cc1. The van der Waals surface area contributed by atoms with Crippen LogP contribution in [0.3, 0.4) is 0 Å². The van der Waals surface area contributed by atoms with E-state index in [1.165, 1.54) is 0 Å². The van der Waals surface area contributed by atoms with Crippen molar-refractivity contribution in [1.82, 2.24) is 9.97 Å². The standard InChI is InChI=1S/C12H10F3N3S/c1-7-2-4-8(5-3-7)19-10-6-9(12(13,14)15)17-11(16)18-10/h2-6H,1H3,(H2,16,17,18). The third-order valence-corrected chi connectivity index (χ3v) is 3.18. The molecule has 2 rings (SSSR count). The normalized spacial score (nSPS) is 11.6. The van der Waals surface area contributed by atoms with Crippen LogP contribution in [-0.4, -0.2) is 9.97 Å². The maximum Gasteiger partial charge on any atom is 0.433 e. The van der Waals surface area contributed by atoms with Crippen molar-refractivity contribution in [1.29, 1.82) is 0 Å². The second kappa shape index (κ2) is 5.08. The van der Waals surface area contributed by atoms with Crippen LogP contribution in [0.15, 0.2) is 40.3 Å². The van der Waals surface area contributed by atoms with E-state index in [0.717, 1.165) is 28.3 Å². The fraction of sp³-hybridized carbons (Fsp3) is 0.167. The number of alkyl halides is 3. The second-order valence-electron chi connectivity index (χ2n) is 3.86. The van der Waals surface area contributed by atoms with E-state index in [4.69, 9.17) is 5.73 Å². The highest BCUT2D eigenvalue weighted by Crippen LogP contribution is 2.32. The maximum atomic E-state index is 12.6. The Morgan fingerprint density at radius 2 is 1.74 bits per heavy atom. The number of anilines is 1. The zero-order valence-corrected chi connectivity index (χ0v) is 10.7. The lowest BCUT2D eigenvalue weighted by molar-refractivity contribution is -0.141. The third kappa shape index (κ3) is 3.60. The zero-order valence-electron chi connectivity index (χ0n) is 9.90. The van der Waals surface area contributed by atoms with Gasteiger partial charge in [0.2, 0.25) is 5.95 Å². The summed E-state index contributed by atoms with van der Waals surface area (Å²) >= 11 is 1.11. The summed E-state index contributed by atoms with van der Waals surface area (Å²) in [6, 6.07) is 8.26. The lowest BCUT2D eigenvalue weighted by atomic mass is 10.2. The first-order valence-electron chi connectivity index (χ1n) is 5.31. The van der Waals surface area contributed by atoms with E-state index in [9.17, 15) is 13.2 Å². The van der Waals surface area contributed by atoms with E-state index in [0.29, 0.717) is 0 Å². The number of aromatic nitrogens is 2. The highest BCUT2D eigenvalue weighted by molar-refractivity contribution is 7.99. The molecule has 2 N–H and O–H groups in total. The third-order valence-electron chi connectivity index (χ3n) is 2.25. The van der Waals surface area contributed by atoms with E-state index >= 15 is 0 Å². The van der Waals surface area contributed by atoms with Crippen molar-refractivity contribution in [2.24, 2.45) is 0 Å². The van der Waals surface area contributed by atoms with Crippen LogP contribution < -0.4 is 5.73 Å². The molecule has 7 heteroatoms. The number of nitrogens with two attached hydrogens (primary N) is 1. The van der Waals surface area contributed by atoms with Gasteiger partial charge in [0.05, 0.1) is 0 Å². The van der Waals surface area contributed by atoms with Crippen LogP contribution >= 0.6 is 11.8 Å². The number of rotatable bonds is 2. The summed E-state index contributed by atoms with van der Waals surface area (Å²) < 4.78 is 37.8. The highest BCUT2D eigenvalue weighted by Gasteiger charge is 2.33. The van der Waals surface area contributed by atoms with Crippen LogP contribution in [-0.2, 0) is 6.18 Å². The van der Waals surface area contributed by atoms with Gasteiger partial charge in [-0.1, -0.05) is 29.5 Å². The quantitative estimate of drug-likeness (QED) is 0.857. The minimum atomic E-state index is -4.53. The predicted octanol–water partition coefficient (Wildman–Crippen LogP) is 3.54. The summed E-state index contributed by atoms with van der Waals surface area (Å²) in [5.41, 5.74) is 5.34. The first-order chi connectivity index (χ1) is 8.84. The number of hydrogen-bond acceptors (Lipinski definition) is 4. The van der Waals surface area contributed by atoms with Crippen molar-refractivity contribution in [3.05, 3.63) is 41.6 Å². The Morgan fingerprint density at radius 3 is 2.32 bits per heavy atom. The smallest absolute Gasteiger partial charge is 0.368 e.